The molecule has 0 atom stereocenters. The Bertz CT molecular complexity index is 415. The molecule has 2 N–H and O–H groups in total. The Hall–Kier alpha value is -2.05. The molecule has 0 saturated carbocycles. The van der Waals surface area contributed by atoms with Crippen molar-refractivity contribution in [1.82, 2.24) is 19.8 Å². The number of carbonyl (C=O) groups excluding carboxylic acids is 1. The molecule has 2 amide bonds. The van der Waals surface area contributed by atoms with Crippen LogP contribution in [0.3, 0.4) is 0 Å². The Kier molecular flexibility index (Phi) is 2.76. The van der Waals surface area contributed by atoms with Crippen LogP contribution in [0.15, 0.2) is 12.4 Å². The van der Waals surface area contributed by atoms with E-state index < -0.39 is 6.09 Å². The third-order valence-corrected chi connectivity index (χ3v) is 2.49. The van der Waals surface area contributed by atoms with Gasteiger partial charge in [0.1, 0.15) is 12.4 Å². The molecule has 0 unspecified atom stereocenters. The highest BCUT2D eigenvalue weighted by Crippen LogP contribution is 2.09. The van der Waals surface area contributed by atoms with Crippen LogP contribution < -0.4 is 5.32 Å². The summed E-state index contributed by atoms with van der Waals surface area (Å²) in [5, 5.41) is 10.4. The smallest absolute Gasteiger partial charge is 0.405 e. The van der Waals surface area contributed by atoms with Crippen LogP contribution in [-0.2, 0) is 17.9 Å². The van der Waals surface area contributed by atoms with E-state index in [0.29, 0.717) is 19.6 Å². The standard InChI is InChI=1S/C9H12N4O3/c14-8(5-11-9(15)16)13-4-3-12-2-1-10-7(12)6-13/h1-2,11H,3-6H2,(H,15,16). The maximum Gasteiger partial charge on any atom is 0.405 e. The van der Waals surface area contributed by atoms with Gasteiger partial charge in [0.05, 0.1) is 6.54 Å². The van der Waals surface area contributed by atoms with Gasteiger partial charge in [0.2, 0.25) is 5.91 Å². The van der Waals surface area contributed by atoms with Gasteiger partial charge < -0.3 is 19.9 Å². The van der Waals surface area contributed by atoms with Gasteiger partial charge in [-0.25, -0.2) is 9.78 Å². The molecule has 0 saturated heterocycles. The fourth-order valence-electron chi connectivity index (χ4n) is 1.65. The molecule has 0 aromatic carbocycles. The molecule has 7 nitrogen and oxygen atoms in total. The molecule has 0 bridgehead atoms. The van der Waals surface area contributed by atoms with Gasteiger partial charge in [0.15, 0.2) is 0 Å². The number of hydrogen-bond acceptors (Lipinski definition) is 3. The third-order valence-electron chi connectivity index (χ3n) is 2.49. The minimum Gasteiger partial charge on any atom is -0.465 e. The zero-order valence-corrected chi connectivity index (χ0v) is 8.59. The number of rotatable bonds is 2. The summed E-state index contributed by atoms with van der Waals surface area (Å²) in [5.74, 6) is 0.603. The summed E-state index contributed by atoms with van der Waals surface area (Å²) in [7, 11) is 0. The molecule has 7 heteroatoms. The number of amides is 2. The normalized spacial score (nSPS) is 14.4. The lowest BCUT2D eigenvalue weighted by Gasteiger charge is -2.27. The van der Waals surface area contributed by atoms with Crippen molar-refractivity contribution in [3.05, 3.63) is 18.2 Å². The lowest BCUT2D eigenvalue weighted by molar-refractivity contribution is -0.131. The number of carboxylic acid groups (broad SMARTS) is 1. The molecule has 1 aromatic rings. The van der Waals surface area contributed by atoms with E-state index in [4.69, 9.17) is 5.11 Å². The summed E-state index contributed by atoms with van der Waals surface area (Å²) < 4.78 is 1.98. The molecule has 1 aliphatic heterocycles. The predicted molar refractivity (Wildman–Crippen MR) is 53.7 cm³/mol. The molecule has 0 spiro atoms. The average molecular weight is 224 g/mol. The van der Waals surface area contributed by atoms with Gasteiger partial charge in [-0.2, -0.15) is 0 Å². The first-order chi connectivity index (χ1) is 7.66. The number of hydrogen-bond donors (Lipinski definition) is 2. The van der Waals surface area contributed by atoms with Gasteiger partial charge in [0.25, 0.3) is 0 Å². The van der Waals surface area contributed by atoms with Gasteiger partial charge >= 0.3 is 6.09 Å². The lowest BCUT2D eigenvalue weighted by atomic mass is 10.3. The number of aromatic nitrogens is 2. The number of nitrogens with zero attached hydrogens (tertiary/aromatic N) is 3. The quantitative estimate of drug-likeness (QED) is 0.708. The highest BCUT2D eigenvalue weighted by Gasteiger charge is 2.20. The first-order valence-electron chi connectivity index (χ1n) is 4.91. The van der Waals surface area contributed by atoms with Crippen molar-refractivity contribution < 1.29 is 14.7 Å². The summed E-state index contributed by atoms with van der Waals surface area (Å²) >= 11 is 0. The van der Waals surface area contributed by atoms with Crippen LogP contribution in [0.2, 0.25) is 0 Å². The van der Waals surface area contributed by atoms with E-state index in [1.807, 2.05) is 10.8 Å². The third kappa shape index (κ3) is 2.13. The molecular formula is C9H12N4O3. The minimum absolute atomic E-state index is 0.184. The summed E-state index contributed by atoms with van der Waals surface area (Å²) in [5.41, 5.74) is 0. The molecular weight excluding hydrogens is 212 g/mol. The SMILES string of the molecule is O=C(O)NCC(=O)N1CCn2ccnc2C1. The summed E-state index contributed by atoms with van der Waals surface area (Å²) in [6.07, 6.45) is 2.37. The van der Waals surface area contributed by atoms with Crippen molar-refractivity contribution in [1.29, 1.82) is 0 Å². The Morgan fingerprint density at radius 2 is 2.31 bits per heavy atom. The second kappa shape index (κ2) is 4.21. The molecule has 2 rings (SSSR count). The van der Waals surface area contributed by atoms with Crippen LogP contribution in [0.1, 0.15) is 5.82 Å². The van der Waals surface area contributed by atoms with E-state index in [9.17, 15) is 9.59 Å². The van der Waals surface area contributed by atoms with Crippen LogP contribution in [0.25, 0.3) is 0 Å². The van der Waals surface area contributed by atoms with Gasteiger partial charge in [-0.3, -0.25) is 4.79 Å². The van der Waals surface area contributed by atoms with Crippen LogP contribution in [-0.4, -0.2) is 44.6 Å². The monoisotopic (exact) mass is 224 g/mol. The van der Waals surface area contributed by atoms with Crippen LogP contribution in [0.5, 0.6) is 0 Å². The predicted octanol–water partition coefficient (Wildman–Crippen LogP) is -0.507. The minimum atomic E-state index is -1.19. The van der Waals surface area contributed by atoms with E-state index in [0.717, 1.165) is 5.82 Å². The first kappa shape index (κ1) is 10.5. The molecule has 0 aliphatic carbocycles. The fraction of sp³-hybridized carbons (Fsp3) is 0.444. The molecule has 86 valence electrons. The molecule has 1 aliphatic rings. The second-order valence-corrected chi connectivity index (χ2v) is 3.51. The summed E-state index contributed by atoms with van der Waals surface area (Å²) in [6, 6.07) is 0. The van der Waals surface area contributed by atoms with Gasteiger partial charge in [-0.15, -0.1) is 0 Å². The Balaban J connectivity index is 1.93. The number of imidazole rings is 1. The molecule has 16 heavy (non-hydrogen) atoms. The van der Waals surface area contributed by atoms with E-state index in [1.54, 1.807) is 11.1 Å². The topological polar surface area (TPSA) is 87.5 Å². The van der Waals surface area contributed by atoms with Gasteiger partial charge in [-0.1, -0.05) is 0 Å². The number of nitrogens with one attached hydrogen (secondary N) is 1. The Morgan fingerprint density at radius 1 is 1.50 bits per heavy atom. The Labute approximate surface area is 91.7 Å². The maximum atomic E-state index is 11.6. The highest BCUT2D eigenvalue weighted by atomic mass is 16.4. The fourth-order valence-corrected chi connectivity index (χ4v) is 1.65. The van der Waals surface area contributed by atoms with Crippen molar-refractivity contribution >= 4 is 12.0 Å². The van der Waals surface area contributed by atoms with E-state index >= 15 is 0 Å². The zero-order valence-electron chi connectivity index (χ0n) is 8.59. The van der Waals surface area contributed by atoms with Crippen LogP contribution in [0, 0.1) is 0 Å². The van der Waals surface area contributed by atoms with Crippen molar-refractivity contribution in [3.8, 4) is 0 Å². The molecule has 2 heterocycles. The summed E-state index contributed by atoms with van der Waals surface area (Å²) in [4.78, 5) is 27.6. The number of fused-ring (bicyclic) bond motifs is 1. The number of carbonyl (C=O) groups is 2. The first-order valence-corrected chi connectivity index (χ1v) is 4.91. The van der Waals surface area contributed by atoms with Gasteiger partial charge in [-0.05, 0) is 0 Å². The lowest BCUT2D eigenvalue weighted by Crippen LogP contribution is -2.43. The second-order valence-electron chi connectivity index (χ2n) is 3.51. The zero-order chi connectivity index (χ0) is 11.5. The molecule has 0 radical (unpaired) electrons. The van der Waals surface area contributed by atoms with E-state index in [-0.39, 0.29) is 12.5 Å². The van der Waals surface area contributed by atoms with Crippen molar-refractivity contribution in [3.63, 3.8) is 0 Å². The maximum absolute atomic E-state index is 11.6. The van der Waals surface area contributed by atoms with Gasteiger partial charge in [0, 0.05) is 25.5 Å². The average Bonchev–Trinajstić information content (AvgIpc) is 2.72. The van der Waals surface area contributed by atoms with Crippen molar-refractivity contribution in [2.45, 2.75) is 13.1 Å². The van der Waals surface area contributed by atoms with E-state index in [1.165, 1.54) is 0 Å². The van der Waals surface area contributed by atoms with Crippen LogP contribution >= 0.6 is 0 Å². The van der Waals surface area contributed by atoms with Crippen molar-refractivity contribution in [2.75, 3.05) is 13.1 Å². The highest BCUT2D eigenvalue weighted by molar-refractivity contribution is 5.81. The van der Waals surface area contributed by atoms with E-state index in [2.05, 4.69) is 10.3 Å². The molecule has 0 fully saturated rings. The Morgan fingerprint density at radius 3 is 3.06 bits per heavy atom. The summed E-state index contributed by atoms with van der Waals surface area (Å²) in [6.45, 7) is 1.54. The molecule has 1 aromatic heterocycles. The van der Waals surface area contributed by atoms with Crippen molar-refractivity contribution in [2.24, 2.45) is 0 Å². The van der Waals surface area contributed by atoms with Crippen LogP contribution in [0.4, 0.5) is 4.79 Å². The largest absolute Gasteiger partial charge is 0.465 e.